The normalized spacial score (nSPS) is 49.8. The maximum Gasteiger partial charge on any atom is 0.158 e. The lowest BCUT2D eigenvalue weighted by Gasteiger charge is -2.36. The van der Waals surface area contributed by atoms with Gasteiger partial charge in [0, 0.05) is 6.61 Å². The fraction of sp³-hybridized carbons (Fsp3) is 1.00. The minimum Gasteiger partial charge on any atom is -0.390 e. The van der Waals surface area contributed by atoms with Crippen LogP contribution in [0.1, 0.15) is 44.9 Å². The Balaban J connectivity index is 1.65. The summed E-state index contributed by atoms with van der Waals surface area (Å²) in [4.78, 5) is 0. The van der Waals surface area contributed by atoms with Crippen molar-refractivity contribution in [2.45, 2.75) is 62.9 Å². The third-order valence-corrected chi connectivity index (χ3v) is 4.28. The minimum atomic E-state index is -0.248. The van der Waals surface area contributed by atoms with Gasteiger partial charge in [-0.3, -0.25) is 0 Å². The second-order valence-electron chi connectivity index (χ2n) is 5.34. The van der Waals surface area contributed by atoms with Crippen molar-refractivity contribution in [3.63, 3.8) is 0 Å². The molecule has 3 nitrogen and oxygen atoms in total. The number of hydrogen-bond donors (Lipinski definition) is 1. The van der Waals surface area contributed by atoms with Crippen LogP contribution in [0.5, 0.6) is 0 Å². The molecular weight excluding hydrogens is 192 g/mol. The van der Waals surface area contributed by atoms with E-state index in [2.05, 4.69) is 0 Å². The quantitative estimate of drug-likeness (QED) is 0.759. The monoisotopic (exact) mass is 212 g/mol. The predicted molar refractivity (Wildman–Crippen MR) is 55.4 cm³/mol. The van der Waals surface area contributed by atoms with Gasteiger partial charge in [0.25, 0.3) is 0 Å². The van der Waals surface area contributed by atoms with Crippen LogP contribution in [-0.2, 0) is 9.47 Å². The van der Waals surface area contributed by atoms with Crippen LogP contribution in [-0.4, -0.2) is 29.7 Å². The highest BCUT2D eigenvalue weighted by Crippen LogP contribution is 2.50. The molecule has 0 amide bonds. The SMILES string of the molecule is OC1CC2CCC1(OC1CCCCO1)C2. The summed E-state index contributed by atoms with van der Waals surface area (Å²) in [7, 11) is 0. The molecule has 1 N–H and O–H groups in total. The molecule has 3 heteroatoms. The van der Waals surface area contributed by atoms with Gasteiger partial charge in [0.2, 0.25) is 0 Å². The van der Waals surface area contributed by atoms with Crippen LogP contribution in [0.15, 0.2) is 0 Å². The zero-order valence-electron chi connectivity index (χ0n) is 9.15. The van der Waals surface area contributed by atoms with Crippen LogP contribution in [0.25, 0.3) is 0 Å². The molecule has 3 aliphatic rings. The van der Waals surface area contributed by atoms with Gasteiger partial charge >= 0.3 is 0 Å². The first-order valence-corrected chi connectivity index (χ1v) is 6.26. The van der Waals surface area contributed by atoms with Crippen LogP contribution >= 0.6 is 0 Å². The predicted octanol–water partition coefficient (Wildman–Crippen LogP) is 1.83. The van der Waals surface area contributed by atoms with Gasteiger partial charge in [-0.05, 0) is 50.9 Å². The molecule has 0 aromatic rings. The first-order chi connectivity index (χ1) is 7.28. The molecule has 15 heavy (non-hydrogen) atoms. The van der Waals surface area contributed by atoms with Crippen molar-refractivity contribution in [1.29, 1.82) is 0 Å². The van der Waals surface area contributed by atoms with Crippen molar-refractivity contribution < 1.29 is 14.6 Å². The van der Waals surface area contributed by atoms with Crippen molar-refractivity contribution >= 4 is 0 Å². The molecule has 1 heterocycles. The van der Waals surface area contributed by atoms with E-state index >= 15 is 0 Å². The highest BCUT2D eigenvalue weighted by molar-refractivity contribution is 5.04. The summed E-state index contributed by atoms with van der Waals surface area (Å²) in [6.07, 6.45) is 7.28. The van der Waals surface area contributed by atoms with Crippen LogP contribution in [0.4, 0.5) is 0 Å². The molecule has 0 aromatic heterocycles. The zero-order chi connectivity index (χ0) is 10.3. The first kappa shape index (κ1) is 10.1. The van der Waals surface area contributed by atoms with Gasteiger partial charge in [0.05, 0.1) is 11.7 Å². The number of aliphatic hydroxyl groups excluding tert-OH is 1. The molecule has 0 aromatic carbocycles. The second kappa shape index (κ2) is 3.72. The van der Waals surface area contributed by atoms with Gasteiger partial charge in [-0.15, -0.1) is 0 Å². The Kier molecular flexibility index (Phi) is 2.49. The summed E-state index contributed by atoms with van der Waals surface area (Å²) in [6.45, 7) is 0.820. The number of rotatable bonds is 2. The topological polar surface area (TPSA) is 38.7 Å². The number of ether oxygens (including phenoxy) is 2. The molecule has 2 aliphatic carbocycles. The van der Waals surface area contributed by atoms with Crippen molar-refractivity contribution in [3.05, 3.63) is 0 Å². The molecule has 1 aliphatic heterocycles. The Labute approximate surface area is 90.8 Å². The molecule has 0 radical (unpaired) electrons. The number of hydrogen-bond acceptors (Lipinski definition) is 3. The zero-order valence-corrected chi connectivity index (χ0v) is 9.15. The van der Waals surface area contributed by atoms with Gasteiger partial charge in [0.15, 0.2) is 6.29 Å². The van der Waals surface area contributed by atoms with Crippen LogP contribution in [0.2, 0.25) is 0 Å². The van der Waals surface area contributed by atoms with Crippen LogP contribution in [0, 0.1) is 5.92 Å². The first-order valence-electron chi connectivity index (χ1n) is 6.26. The minimum absolute atomic E-state index is 0.0507. The second-order valence-corrected chi connectivity index (χ2v) is 5.34. The maximum atomic E-state index is 10.0. The van der Waals surface area contributed by atoms with E-state index < -0.39 is 0 Å². The van der Waals surface area contributed by atoms with E-state index in [-0.39, 0.29) is 18.0 Å². The molecular formula is C12H20O3. The van der Waals surface area contributed by atoms with E-state index in [1.54, 1.807) is 0 Å². The lowest BCUT2D eigenvalue weighted by molar-refractivity contribution is -0.243. The fourth-order valence-electron chi connectivity index (χ4n) is 3.43. The van der Waals surface area contributed by atoms with Crippen molar-refractivity contribution in [1.82, 2.24) is 0 Å². The Hall–Kier alpha value is -0.120. The van der Waals surface area contributed by atoms with E-state index in [0.717, 1.165) is 38.7 Å². The summed E-state index contributed by atoms with van der Waals surface area (Å²) in [5, 5.41) is 10.0. The highest BCUT2D eigenvalue weighted by Gasteiger charge is 2.53. The largest absolute Gasteiger partial charge is 0.390 e. The standard InChI is InChI=1S/C12H20O3/c13-10-7-9-4-5-12(10,8-9)15-11-3-1-2-6-14-11/h9-11,13H,1-8H2. The molecule has 1 saturated heterocycles. The Bertz CT molecular complexity index is 237. The Morgan fingerprint density at radius 3 is 2.80 bits per heavy atom. The molecule has 3 fully saturated rings. The molecule has 4 atom stereocenters. The summed E-state index contributed by atoms with van der Waals surface area (Å²) < 4.78 is 11.7. The van der Waals surface area contributed by atoms with Gasteiger partial charge in [-0.1, -0.05) is 0 Å². The molecule has 3 rings (SSSR count). The van der Waals surface area contributed by atoms with Gasteiger partial charge in [-0.25, -0.2) is 0 Å². The maximum absolute atomic E-state index is 10.0. The van der Waals surface area contributed by atoms with E-state index in [9.17, 15) is 5.11 Å². The smallest absolute Gasteiger partial charge is 0.158 e. The molecule has 86 valence electrons. The Morgan fingerprint density at radius 1 is 1.27 bits per heavy atom. The van der Waals surface area contributed by atoms with Crippen LogP contribution in [0.3, 0.4) is 0 Å². The third-order valence-electron chi connectivity index (χ3n) is 4.28. The summed E-state index contributed by atoms with van der Waals surface area (Å²) >= 11 is 0. The van der Waals surface area contributed by atoms with Gasteiger partial charge in [0.1, 0.15) is 0 Å². The van der Waals surface area contributed by atoms with Crippen molar-refractivity contribution in [2.75, 3.05) is 6.61 Å². The van der Waals surface area contributed by atoms with E-state index in [1.165, 1.54) is 12.8 Å². The highest BCUT2D eigenvalue weighted by atomic mass is 16.7. The molecule has 0 spiro atoms. The molecule has 2 saturated carbocycles. The average Bonchev–Trinajstić information content (AvgIpc) is 2.76. The lowest BCUT2D eigenvalue weighted by Crippen LogP contribution is -2.44. The number of aliphatic hydroxyl groups is 1. The van der Waals surface area contributed by atoms with Crippen molar-refractivity contribution in [2.24, 2.45) is 5.92 Å². The van der Waals surface area contributed by atoms with Crippen molar-refractivity contribution in [3.8, 4) is 0 Å². The molecule has 4 unspecified atom stereocenters. The molecule has 2 bridgehead atoms. The lowest BCUT2D eigenvalue weighted by atomic mass is 9.94. The van der Waals surface area contributed by atoms with E-state index in [1.807, 2.05) is 0 Å². The summed E-state index contributed by atoms with van der Waals surface area (Å²) in [5.41, 5.74) is -0.243. The van der Waals surface area contributed by atoms with Gasteiger partial charge in [-0.2, -0.15) is 0 Å². The van der Waals surface area contributed by atoms with E-state index in [4.69, 9.17) is 9.47 Å². The number of fused-ring (bicyclic) bond motifs is 2. The van der Waals surface area contributed by atoms with Gasteiger partial charge < -0.3 is 14.6 Å². The fourth-order valence-corrected chi connectivity index (χ4v) is 3.43. The summed E-state index contributed by atoms with van der Waals surface area (Å²) in [5.74, 6) is 0.698. The van der Waals surface area contributed by atoms with Crippen LogP contribution < -0.4 is 0 Å². The Morgan fingerprint density at radius 2 is 2.20 bits per heavy atom. The third kappa shape index (κ3) is 1.71. The summed E-state index contributed by atoms with van der Waals surface area (Å²) in [6, 6.07) is 0. The van der Waals surface area contributed by atoms with E-state index in [0.29, 0.717) is 5.92 Å². The average molecular weight is 212 g/mol.